The quantitative estimate of drug-likeness (QED) is 0.271. The summed E-state index contributed by atoms with van der Waals surface area (Å²) < 4.78 is 4.91. The first kappa shape index (κ1) is 25.5. The summed E-state index contributed by atoms with van der Waals surface area (Å²) in [4.78, 5) is 49.7. The largest absolute Gasteiger partial charge is 0.462 e. The number of thiocarbonyl (C=S) groups is 1. The number of hydrogen-bond acceptors (Lipinski definition) is 9. The van der Waals surface area contributed by atoms with Gasteiger partial charge in [0.1, 0.15) is 5.69 Å². The Hall–Kier alpha value is -4.13. The van der Waals surface area contributed by atoms with Crippen LogP contribution >= 0.6 is 12.2 Å². The number of esters is 1. The van der Waals surface area contributed by atoms with E-state index < -0.39 is 21.7 Å². The van der Waals surface area contributed by atoms with Gasteiger partial charge in [0.05, 0.1) is 22.0 Å². The van der Waals surface area contributed by atoms with Crippen LogP contribution in [-0.2, 0) is 4.74 Å². The van der Waals surface area contributed by atoms with Gasteiger partial charge in [-0.2, -0.15) is 0 Å². The van der Waals surface area contributed by atoms with E-state index in [4.69, 9.17) is 17.0 Å². The number of aryl methyl sites for hydroxylation is 1. The van der Waals surface area contributed by atoms with Crippen LogP contribution in [0.2, 0.25) is 0 Å². The normalized spacial score (nSPS) is 13.2. The van der Waals surface area contributed by atoms with Gasteiger partial charge in [-0.15, -0.1) is 0 Å². The van der Waals surface area contributed by atoms with Crippen molar-refractivity contribution >= 4 is 46.3 Å². The highest BCUT2D eigenvalue weighted by Gasteiger charge is 2.27. The van der Waals surface area contributed by atoms with Gasteiger partial charge in [-0.05, 0) is 44.3 Å². The zero-order valence-corrected chi connectivity index (χ0v) is 19.9. The molecule has 1 saturated heterocycles. The first-order chi connectivity index (χ1) is 16.6. The van der Waals surface area contributed by atoms with Gasteiger partial charge in [0.25, 0.3) is 17.3 Å². The Labute approximate surface area is 205 Å². The van der Waals surface area contributed by atoms with Gasteiger partial charge >= 0.3 is 5.97 Å². The number of nitrogens with zero attached hydrogens (tertiary/aromatic N) is 4. The van der Waals surface area contributed by atoms with Crippen LogP contribution < -0.4 is 10.2 Å². The lowest BCUT2D eigenvalue weighted by Gasteiger charge is -2.37. The van der Waals surface area contributed by atoms with E-state index in [0.717, 1.165) is 0 Å². The minimum Gasteiger partial charge on any atom is -0.462 e. The van der Waals surface area contributed by atoms with E-state index in [1.165, 1.54) is 36.4 Å². The fourth-order valence-corrected chi connectivity index (χ4v) is 3.90. The van der Waals surface area contributed by atoms with Crippen molar-refractivity contribution in [3.05, 3.63) is 73.3 Å². The van der Waals surface area contributed by atoms with Crippen molar-refractivity contribution in [2.24, 2.45) is 0 Å². The minimum absolute atomic E-state index is 0.0983. The molecule has 1 fully saturated rings. The number of piperazine rings is 1. The second-order valence-electron chi connectivity index (χ2n) is 7.67. The van der Waals surface area contributed by atoms with Crippen LogP contribution in [0.15, 0.2) is 36.4 Å². The molecule has 0 saturated carbocycles. The highest BCUT2D eigenvalue weighted by Crippen LogP contribution is 2.30. The van der Waals surface area contributed by atoms with Crippen LogP contribution in [-0.4, -0.2) is 64.5 Å². The van der Waals surface area contributed by atoms with Crippen molar-refractivity contribution in [3.63, 3.8) is 0 Å². The molecule has 1 amide bonds. The fraction of sp³-hybridized carbons (Fsp3) is 0.318. The summed E-state index contributed by atoms with van der Waals surface area (Å²) in [5.41, 5.74) is 0.648. The molecule has 2 aromatic rings. The molecule has 0 aromatic heterocycles. The maximum absolute atomic E-state index is 12.6. The van der Waals surface area contributed by atoms with Crippen molar-refractivity contribution in [3.8, 4) is 0 Å². The second-order valence-corrected chi connectivity index (χ2v) is 8.06. The molecule has 0 atom stereocenters. The Morgan fingerprint density at radius 3 is 2.20 bits per heavy atom. The Kier molecular flexibility index (Phi) is 7.91. The predicted octanol–water partition coefficient (Wildman–Crippen LogP) is 2.83. The lowest BCUT2D eigenvalue weighted by molar-refractivity contribution is -0.385. The number of ether oxygens (including phenoxy) is 1. The SMILES string of the molecule is CCOC(=O)c1ccc(N2CCN(C(=S)NC(=O)c3ccc(C)c([N+](=O)[O-])c3)CC2)c([N+](=O)[O-])c1. The Morgan fingerprint density at radius 2 is 1.60 bits per heavy atom. The molecule has 1 aliphatic rings. The minimum atomic E-state index is -0.632. The van der Waals surface area contributed by atoms with Gasteiger partial charge < -0.3 is 14.5 Å². The van der Waals surface area contributed by atoms with Crippen LogP contribution in [0.4, 0.5) is 17.1 Å². The molecule has 1 heterocycles. The molecule has 0 bridgehead atoms. The van der Waals surface area contributed by atoms with Gasteiger partial charge in [0.2, 0.25) is 0 Å². The number of hydrogen-bond donors (Lipinski definition) is 1. The van der Waals surface area contributed by atoms with Gasteiger partial charge in [-0.25, -0.2) is 4.79 Å². The summed E-state index contributed by atoms with van der Waals surface area (Å²) in [7, 11) is 0. The topological polar surface area (TPSA) is 148 Å². The third-order valence-corrected chi connectivity index (χ3v) is 5.84. The Balaban J connectivity index is 1.65. The molecule has 13 heteroatoms. The van der Waals surface area contributed by atoms with Crippen molar-refractivity contribution in [2.75, 3.05) is 37.7 Å². The van der Waals surface area contributed by atoms with Gasteiger partial charge in [0.15, 0.2) is 5.11 Å². The molecular weight excluding hydrogens is 478 g/mol. The molecule has 0 unspecified atom stereocenters. The number of carbonyl (C=O) groups is 2. The van der Waals surface area contributed by atoms with Crippen LogP contribution in [0.25, 0.3) is 0 Å². The van der Waals surface area contributed by atoms with E-state index in [1.807, 2.05) is 0 Å². The maximum atomic E-state index is 12.6. The number of carbonyl (C=O) groups excluding carboxylic acids is 2. The lowest BCUT2D eigenvalue weighted by atomic mass is 10.1. The lowest BCUT2D eigenvalue weighted by Crippen LogP contribution is -2.52. The van der Waals surface area contributed by atoms with Gasteiger partial charge in [-0.3, -0.25) is 30.3 Å². The third kappa shape index (κ3) is 5.87. The summed E-state index contributed by atoms with van der Waals surface area (Å²) in [5.74, 6) is -1.20. The molecule has 184 valence electrons. The molecule has 12 nitrogen and oxygen atoms in total. The molecule has 0 aliphatic carbocycles. The molecule has 3 rings (SSSR count). The van der Waals surface area contributed by atoms with E-state index >= 15 is 0 Å². The first-order valence-electron chi connectivity index (χ1n) is 10.7. The molecule has 1 N–H and O–H groups in total. The smallest absolute Gasteiger partial charge is 0.338 e. The number of rotatable bonds is 6. The van der Waals surface area contributed by atoms with Crippen molar-refractivity contribution < 1.29 is 24.2 Å². The zero-order chi connectivity index (χ0) is 25.7. The Morgan fingerprint density at radius 1 is 1.00 bits per heavy atom. The number of nitro benzene ring substituents is 2. The summed E-state index contributed by atoms with van der Waals surface area (Å²) in [5, 5.41) is 25.5. The van der Waals surface area contributed by atoms with Crippen molar-refractivity contribution in [2.45, 2.75) is 13.8 Å². The molecule has 1 aliphatic heterocycles. The first-order valence-corrected chi connectivity index (χ1v) is 11.1. The second kappa shape index (κ2) is 10.9. The van der Waals surface area contributed by atoms with Crippen LogP contribution in [0.1, 0.15) is 33.2 Å². The molecule has 0 spiro atoms. The van der Waals surface area contributed by atoms with E-state index in [1.54, 1.807) is 23.6 Å². The standard InChI is InChI=1S/C22H23N5O7S/c1-3-34-21(29)16-6-7-17(19(13-16)27(32)33)24-8-10-25(11-9-24)22(35)23-20(28)15-5-4-14(2)18(12-15)26(30)31/h4-7,12-13H,3,8-11H2,1-2H3,(H,23,28,35). The maximum Gasteiger partial charge on any atom is 0.338 e. The van der Waals surface area contributed by atoms with Crippen molar-refractivity contribution in [1.82, 2.24) is 10.2 Å². The van der Waals surface area contributed by atoms with Crippen molar-refractivity contribution in [1.29, 1.82) is 0 Å². The van der Waals surface area contributed by atoms with Crippen LogP contribution in [0.3, 0.4) is 0 Å². The number of nitro groups is 2. The molecule has 2 aromatic carbocycles. The third-order valence-electron chi connectivity index (χ3n) is 5.48. The Bertz CT molecular complexity index is 1190. The summed E-state index contributed by atoms with van der Waals surface area (Å²) in [6, 6.07) is 8.38. The summed E-state index contributed by atoms with van der Waals surface area (Å²) in [6.07, 6.45) is 0. The van der Waals surface area contributed by atoms with Gasteiger partial charge in [-0.1, -0.05) is 6.07 Å². The average molecular weight is 502 g/mol. The van der Waals surface area contributed by atoms with E-state index in [0.29, 0.717) is 37.4 Å². The van der Waals surface area contributed by atoms with E-state index in [2.05, 4.69) is 5.32 Å². The fourth-order valence-electron chi connectivity index (χ4n) is 3.62. The zero-order valence-electron chi connectivity index (χ0n) is 19.1. The summed E-state index contributed by atoms with van der Waals surface area (Å²) in [6.45, 7) is 4.91. The predicted molar refractivity (Wildman–Crippen MR) is 131 cm³/mol. The number of amides is 1. The molecule has 0 radical (unpaired) electrons. The van der Waals surface area contributed by atoms with Crippen LogP contribution in [0.5, 0.6) is 0 Å². The monoisotopic (exact) mass is 501 g/mol. The van der Waals surface area contributed by atoms with E-state index in [9.17, 15) is 29.8 Å². The highest BCUT2D eigenvalue weighted by atomic mass is 32.1. The summed E-state index contributed by atoms with van der Waals surface area (Å²) >= 11 is 5.34. The molecular formula is C22H23N5O7S. The van der Waals surface area contributed by atoms with Gasteiger partial charge in [0, 0.05) is 49.4 Å². The molecule has 35 heavy (non-hydrogen) atoms. The number of anilines is 1. The highest BCUT2D eigenvalue weighted by molar-refractivity contribution is 7.80. The van der Waals surface area contributed by atoms with E-state index in [-0.39, 0.29) is 34.2 Å². The van der Waals surface area contributed by atoms with Crippen LogP contribution in [0, 0.1) is 27.2 Å². The number of benzene rings is 2. The average Bonchev–Trinajstić information content (AvgIpc) is 2.83. The number of nitrogens with one attached hydrogen (secondary N) is 1.